The first-order chi connectivity index (χ1) is 13.3. The Labute approximate surface area is 175 Å². The molecule has 29 heavy (non-hydrogen) atoms. The number of phosphoric ester groups is 1. The van der Waals surface area contributed by atoms with Crippen molar-refractivity contribution in [1.82, 2.24) is 0 Å². The molecular formula is C20H33O7P2-3. The fourth-order valence-electron chi connectivity index (χ4n) is 2.40. The fraction of sp³-hybridized carbons (Fsp3) is 0.600. The quantitative estimate of drug-likeness (QED) is 0.284. The van der Waals surface area contributed by atoms with Gasteiger partial charge in [0.2, 0.25) is 0 Å². The summed E-state index contributed by atoms with van der Waals surface area (Å²) in [5, 5.41) is 0. The van der Waals surface area contributed by atoms with E-state index in [4.69, 9.17) is 0 Å². The van der Waals surface area contributed by atoms with E-state index in [1.807, 2.05) is 6.92 Å². The van der Waals surface area contributed by atoms with Gasteiger partial charge in [0, 0.05) is 0 Å². The number of phosphoric acid groups is 2. The summed E-state index contributed by atoms with van der Waals surface area (Å²) >= 11 is 0. The van der Waals surface area contributed by atoms with Crippen molar-refractivity contribution in [1.29, 1.82) is 0 Å². The van der Waals surface area contributed by atoms with Crippen LogP contribution in [0, 0.1) is 0 Å². The Balaban J connectivity index is 4.20. The van der Waals surface area contributed by atoms with Crippen LogP contribution in [0.3, 0.4) is 0 Å². The van der Waals surface area contributed by atoms with Gasteiger partial charge in [-0.15, -0.1) is 0 Å². The molecule has 1 atom stereocenters. The van der Waals surface area contributed by atoms with E-state index in [2.05, 4.69) is 54.8 Å². The predicted molar refractivity (Wildman–Crippen MR) is 111 cm³/mol. The summed E-state index contributed by atoms with van der Waals surface area (Å²) in [7, 11) is -10.8. The molecule has 0 aromatic carbocycles. The highest BCUT2D eigenvalue weighted by Crippen LogP contribution is 2.50. The highest BCUT2D eigenvalue weighted by molar-refractivity contribution is 7.58. The van der Waals surface area contributed by atoms with Crippen molar-refractivity contribution < 1.29 is 32.6 Å². The Hall–Kier alpha value is -0.780. The van der Waals surface area contributed by atoms with E-state index in [-0.39, 0.29) is 6.61 Å². The lowest BCUT2D eigenvalue weighted by Gasteiger charge is -2.34. The largest absolute Gasteiger partial charge is 0.790 e. The molecule has 0 saturated heterocycles. The summed E-state index contributed by atoms with van der Waals surface area (Å²) in [6, 6.07) is 0. The molecule has 7 nitrogen and oxygen atoms in total. The lowest BCUT2D eigenvalue weighted by molar-refractivity contribution is -0.339. The van der Waals surface area contributed by atoms with E-state index in [1.54, 1.807) is 0 Å². The highest BCUT2D eigenvalue weighted by Gasteiger charge is 2.10. The maximum Gasteiger partial charge on any atom is 0.272 e. The standard InChI is InChI=1S/C20H36O7P2/c1-17(2)9-6-10-18(3)11-7-12-19(4)13-8-14-20(5)15-16-26-29(24,25)27-28(21,22)23/h9,11,13,15H,6-8,10,12,14,16H2,1-5H3,(H,24,25)(H2,21,22,23)/p-3/b18-11+,19-13+,20-15+. The van der Waals surface area contributed by atoms with E-state index < -0.39 is 15.6 Å². The van der Waals surface area contributed by atoms with Gasteiger partial charge in [0.1, 0.15) is 0 Å². The molecule has 0 aromatic heterocycles. The van der Waals surface area contributed by atoms with Gasteiger partial charge in [-0.1, -0.05) is 46.6 Å². The highest BCUT2D eigenvalue weighted by atomic mass is 31.3. The van der Waals surface area contributed by atoms with E-state index in [0.29, 0.717) is 6.42 Å². The fourth-order valence-corrected chi connectivity index (χ4v) is 3.83. The SMILES string of the molecule is CC(C)=CCC/C(C)=C/CC/C(C)=C/CC/C(C)=C/COP(=O)([O-])OP(=O)([O-])[O-]. The van der Waals surface area contributed by atoms with Gasteiger partial charge in [-0.05, 0) is 73.1 Å². The van der Waals surface area contributed by atoms with Crippen molar-refractivity contribution >= 4 is 15.6 Å². The van der Waals surface area contributed by atoms with Crippen LogP contribution in [0.4, 0.5) is 0 Å². The average molecular weight is 447 g/mol. The van der Waals surface area contributed by atoms with E-state index in [1.165, 1.54) is 22.8 Å². The van der Waals surface area contributed by atoms with E-state index in [0.717, 1.165) is 37.7 Å². The van der Waals surface area contributed by atoms with Crippen molar-refractivity contribution in [3.63, 3.8) is 0 Å². The third-order valence-corrected chi connectivity index (χ3v) is 6.08. The first-order valence-corrected chi connectivity index (χ1v) is 12.5. The van der Waals surface area contributed by atoms with Crippen molar-refractivity contribution in [3.8, 4) is 0 Å². The zero-order chi connectivity index (χ0) is 22.5. The minimum Gasteiger partial charge on any atom is -0.790 e. The molecule has 0 heterocycles. The molecule has 0 fully saturated rings. The Kier molecular flexibility index (Phi) is 13.9. The summed E-state index contributed by atoms with van der Waals surface area (Å²) in [5.41, 5.74) is 4.93. The molecule has 0 saturated carbocycles. The Morgan fingerprint density at radius 3 is 1.55 bits per heavy atom. The minimum atomic E-state index is -5.64. The summed E-state index contributed by atoms with van der Waals surface area (Å²) < 4.78 is 29.1. The van der Waals surface area contributed by atoms with Crippen LogP contribution in [0.15, 0.2) is 46.6 Å². The van der Waals surface area contributed by atoms with Crippen molar-refractivity contribution in [3.05, 3.63) is 46.6 Å². The van der Waals surface area contributed by atoms with Crippen LogP contribution in [0.25, 0.3) is 0 Å². The molecular weight excluding hydrogens is 414 g/mol. The first kappa shape index (κ1) is 28.2. The van der Waals surface area contributed by atoms with Crippen LogP contribution in [-0.4, -0.2) is 6.61 Å². The van der Waals surface area contributed by atoms with Gasteiger partial charge in [0.05, 0.1) is 14.4 Å². The second kappa shape index (κ2) is 14.3. The van der Waals surface area contributed by atoms with E-state index in [9.17, 15) is 23.8 Å². The van der Waals surface area contributed by atoms with Crippen molar-refractivity contribution in [2.45, 2.75) is 73.1 Å². The molecule has 0 aromatic rings. The molecule has 0 radical (unpaired) electrons. The molecule has 0 spiro atoms. The topological polar surface area (TPSA) is 122 Å². The summed E-state index contributed by atoms with van der Waals surface area (Å²) in [4.78, 5) is 31.7. The van der Waals surface area contributed by atoms with Crippen LogP contribution < -0.4 is 14.7 Å². The van der Waals surface area contributed by atoms with Gasteiger partial charge >= 0.3 is 0 Å². The second-order valence-electron chi connectivity index (χ2n) is 7.32. The van der Waals surface area contributed by atoms with Crippen molar-refractivity contribution in [2.24, 2.45) is 0 Å². The Morgan fingerprint density at radius 2 is 1.14 bits per heavy atom. The van der Waals surface area contributed by atoms with Crippen LogP contribution in [0.2, 0.25) is 0 Å². The lowest BCUT2D eigenvalue weighted by Crippen LogP contribution is -2.19. The third kappa shape index (κ3) is 19.0. The zero-order valence-electron chi connectivity index (χ0n) is 18.0. The number of hydrogen-bond acceptors (Lipinski definition) is 7. The van der Waals surface area contributed by atoms with Crippen molar-refractivity contribution in [2.75, 3.05) is 6.61 Å². The van der Waals surface area contributed by atoms with Crippen LogP contribution >= 0.6 is 15.6 Å². The minimum absolute atomic E-state index is 0.383. The summed E-state index contributed by atoms with van der Waals surface area (Å²) in [6.45, 7) is 9.89. The molecule has 1 unspecified atom stereocenters. The zero-order valence-corrected chi connectivity index (χ0v) is 19.8. The molecule has 0 aliphatic heterocycles. The van der Waals surface area contributed by atoms with Gasteiger partial charge in [-0.2, -0.15) is 0 Å². The predicted octanol–water partition coefficient (Wildman–Crippen LogP) is 4.46. The molecule has 168 valence electrons. The van der Waals surface area contributed by atoms with Gasteiger partial charge in [-0.3, -0.25) is 8.88 Å². The smallest absolute Gasteiger partial charge is 0.272 e. The van der Waals surface area contributed by atoms with Crippen LogP contribution in [0.1, 0.15) is 73.1 Å². The maximum atomic E-state index is 11.1. The summed E-state index contributed by atoms with van der Waals surface area (Å²) in [5.74, 6) is 0. The lowest BCUT2D eigenvalue weighted by atomic mass is 10.0. The normalized spacial score (nSPS) is 15.9. The summed E-state index contributed by atoms with van der Waals surface area (Å²) in [6.07, 6.45) is 13.9. The molecule has 0 bridgehead atoms. The van der Waals surface area contributed by atoms with Gasteiger partial charge in [0.25, 0.3) is 7.82 Å². The third-order valence-electron chi connectivity index (χ3n) is 4.02. The second-order valence-corrected chi connectivity index (χ2v) is 10.0. The molecule has 0 aliphatic rings. The Morgan fingerprint density at radius 1 is 0.724 bits per heavy atom. The maximum absolute atomic E-state index is 11.1. The monoisotopic (exact) mass is 447 g/mol. The molecule has 0 N–H and O–H groups in total. The van der Waals surface area contributed by atoms with E-state index >= 15 is 0 Å². The van der Waals surface area contributed by atoms with Gasteiger partial charge in [-0.25, -0.2) is 0 Å². The van der Waals surface area contributed by atoms with Gasteiger partial charge in [0.15, 0.2) is 0 Å². The molecule has 0 aliphatic carbocycles. The average Bonchev–Trinajstić information content (AvgIpc) is 2.51. The Bertz CT molecular complexity index is 710. The number of rotatable bonds is 14. The molecule has 9 heteroatoms. The first-order valence-electron chi connectivity index (χ1n) is 9.60. The van der Waals surface area contributed by atoms with Crippen LogP contribution in [0.5, 0.6) is 0 Å². The van der Waals surface area contributed by atoms with Gasteiger partial charge < -0.3 is 23.8 Å². The molecule has 0 amide bonds. The van der Waals surface area contributed by atoms with Crippen LogP contribution in [-0.2, 0) is 18.0 Å². The number of hydrogen-bond donors (Lipinski definition) is 0. The number of allylic oxidation sites excluding steroid dienone is 7. The molecule has 0 rings (SSSR count).